The van der Waals surface area contributed by atoms with Crippen molar-refractivity contribution in [3.05, 3.63) is 29.3 Å². The van der Waals surface area contributed by atoms with Crippen molar-refractivity contribution in [3.63, 3.8) is 0 Å². The van der Waals surface area contributed by atoms with Crippen LogP contribution in [0.4, 0.5) is 5.69 Å². The fourth-order valence-corrected chi connectivity index (χ4v) is 2.01. The predicted molar refractivity (Wildman–Crippen MR) is 78.9 cm³/mol. The lowest BCUT2D eigenvalue weighted by Crippen LogP contribution is -2.46. The highest BCUT2D eigenvalue weighted by Gasteiger charge is 2.24. The highest BCUT2D eigenvalue weighted by atomic mass is 35.5. The van der Waals surface area contributed by atoms with E-state index >= 15 is 0 Å². The van der Waals surface area contributed by atoms with E-state index in [1.54, 1.807) is 24.3 Å². The Morgan fingerprint density at radius 1 is 1.45 bits per heavy atom. The van der Waals surface area contributed by atoms with Crippen molar-refractivity contribution < 1.29 is 14.7 Å². The van der Waals surface area contributed by atoms with Crippen LogP contribution < -0.4 is 10.6 Å². The molecule has 1 aromatic carbocycles. The van der Waals surface area contributed by atoms with Crippen LogP contribution in [0.15, 0.2) is 24.3 Å². The first kappa shape index (κ1) is 16.5. The van der Waals surface area contributed by atoms with Crippen molar-refractivity contribution in [1.82, 2.24) is 0 Å². The molecule has 0 fully saturated rings. The summed E-state index contributed by atoms with van der Waals surface area (Å²) in [6, 6.07) is 5.81. The van der Waals surface area contributed by atoms with E-state index in [4.69, 9.17) is 22.4 Å². The van der Waals surface area contributed by atoms with Crippen LogP contribution in [-0.2, 0) is 9.59 Å². The standard InChI is InChI=1S/C14H19ClN2O3/c1-2-3-7-12(16)14(20)17(9-13(18)19)11-6-4-5-10(15)8-11/h4-6,8,12H,2-3,7,9,16H2,1H3,(H,18,19). The number of unbranched alkanes of at least 4 members (excludes halogenated alkanes) is 1. The molecular weight excluding hydrogens is 280 g/mol. The molecule has 20 heavy (non-hydrogen) atoms. The van der Waals surface area contributed by atoms with Gasteiger partial charge in [-0.15, -0.1) is 0 Å². The minimum absolute atomic E-state index is 0.400. The second-order valence-corrected chi connectivity index (χ2v) is 4.98. The molecule has 6 heteroatoms. The summed E-state index contributed by atoms with van der Waals surface area (Å²) >= 11 is 5.88. The number of halogens is 1. The van der Waals surface area contributed by atoms with Gasteiger partial charge in [0.15, 0.2) is 0 Å². The number of hydrogen-bond acceptors (Lipinski definition) is 3. The van der Waals surface area contributed by atoms with Crippen LogP contribution in [0.5, 0.6) is 0 Å². The molecule has 0 spiro atoms. The van der Waals surface area contributed by atoms with Gasteiger partial charge in [-0.1, -0.05) is 37.4 Å². The number of benzene rings is 1. The smallest absolute Gasteiger partial charge is 0.323 e. The molecule has 0 saturated carbocycles. The molecule has 0 aliphatic carbocycles. The van der Waals surface area contributed by atoms with E-state index in [0.717, 1.165) is 17.7 Å². The van der Waals surface area contributed by atoms with E-state index in [9.17, 15) is 9.59 Å². The van der Waals surface area contributed by atoms with Gasteiger partial charge < -0.3 is 10.8 Å². The fourth-order valence-electron chi connectivity index (χ4n) is 1.82. The molecule has 0 saturated heterocycles. The number of aliphatic carboxylic acids is 1. The Bertz CT molecular complexity index is 479. The van der Waals surface area contributed by atoms with Crippen molar-refractivity contribution in [2.24, 2.45) is 5.73 Å². The number of carbonyl (C=O) groups is 2. The fraction of sp³-hybridized carbons (Fsp3) is 0.429. The molecule has 1 unspecified atom stereocenters. The lowest BCUT2D eigenvalue weighted by Gasteiger charge is -2.24. The molecule has 1 rings (SSSR count). The minimum Gasteiger partial charge on any atom is -0.480 e. The maximum atomic E-state index is 12.3. The van der Waals surface area contributed by atoms with Gasteiger partial charge in [-0.05, 0) is 24.6 Å². The van der Waals surface area contributed by atoms with Gasteiger partial charge in [0, 0.05) is 10.7 Å². The first-order chi connectivity index (χ1) is 9.45. The molecule has 0 aliphatic rings. The highest BCUT2D eigenvalue weighted by Crippen LogP contribution is 2.20. The SMILES string of the molecule is CCCCC(N)C(=O)N(CC(=O)O)c1cccc(Cl)c1. The molecule has 1 atom stereocenters. The number of rotatable bonds is 7. The second kappa shape index (κ2) is 7.87. The lowest BCUT2D eigenvalue weighted by atomic mass is 10.1. The van der Waals surface area contributed by atoms with Crippen LogP contribution in [-0.4, -0.2) is 29.6 Å². The Hall–Kier alpha value is -1.59. The summed E-state index contributed by atoms with van der Waals surface area (Å²) in [6.07, 6.45) is 2.28. The van der Waals surface area contributed by atoms with Crippen LogP contribution in [0.2, 0.25) is 5.02 Å². The van der Waals surface area contributed by atoms with Crippen LogP contribution in [0.1, 0.15) is 26.2 Å². The van der Waals surface area contributed by atoms with Gasteiger partial charge >= 0.3 is 5.97 Å². The van der Waals surface area contributed by atoms with Crippen molar-refractivity contribution >= 4 is 29.2 Å². The maximum Gasteiger partial charge on any atom is 0.323 e. The first-order valence-electron chi connectivity index (χ1n) is 6.50. The number of amides is 1. The molecular formula is C14H19ClN2O3. The minimum atomic E-state index is -1.10. The predicted octanol–water partition coefficient (Wildman–Crippen LogP) is 2.28. The Labute approximate surface area is 123 Å². The quantitative estimate of drug-likeness (QED) is 0.809. The molecule has 1 amide bonds. The summed E-state index contributed by atoms with van der Waals surface area (Å²) in [6.45, 7) is 1.57. The number of anilines is 1. The van der Waals surface area contributed by atoms with Crippen molar-refractivity contribution in [2.75, 3.05) is 11.4 Å². The van der Waals surface area contributed by atoms with E-state index < -0.39 is 24.5 Å². The number of carboxylic acids is 1. The number of nitrogens with zero attached hydrogens (tertiary/aromatic N) is 1. The average Bonchev–Trinajstić information content (AvgIpc) is 2.41. The van der Waals surface area contributed by atoms with Gasteiger partial charge in [-0.3, -0.25) is 14.5 Å². The largest absolute Gasteiger partial charge is 0.480 e. The van der Waals surface area contributed by atoms with E-state index in [1.165, 1.54) is 0 Å². The first-order valence-corrected chi connectivity index (χ1v) is 6.87. The van der Waals surface area contributed by atoms with E-state index in [1.807, 2.05) is 6.92 Å². The lowest BCUT2D eigenvalue weighted by molar-refractivity contribution is -0.136. The second-order valence-electron chi connectivity index (χ2n) is 4.55. The summed E-state index contributed by atoms with van der Waals surface area (Å²) in [7, 11) is 0. The molecule has 110 valence electrons. The zero-order valence-corrected chi connectivity index (χ0v) is 12.1. The van der Waals surface area contributed by atoms with Gasteiger partial charge in [-0.25, -0.2) is 0 Å². The zero-order valence-electron chi connectivity index (χ0n) is 11.4. The molecule has 1 aromatic rings. The summed E-state index contributed by atoms with van der Waals surface area (Å²) in [5.74, 6) is -1.50. The Morgan fingerprint density at radius 2 is 2.15 bits per heavy atom. The van der Waals surface area contributed by atoms with Gasteiger partial charge in [0.2, 0.25) is 5.91 Å². The monoisotopic (exact) mass is 298 g/mol. The number of nitrogens with two attached hydrogens (primary N) is 1. The van der Waals surface area contributed by atoms with Crippen LogP contribution in [0.3, 0.4) is 0 Å². The third-order valence-corrected chi connectivity index (χ3v) is 3.10. The van der Waals surface area contributed by atoms with Gasteiger partial charge in [0.1, 0.15) is 6.54 Å². The van der Waals surface area contributed by atoms with Crippen molar-refractivity contribution in [1.29, 1.82) is 0 Å². The number of carboxylic acid groups (broad SMARTS) is 1. The molecule has 5 nitrogen and oxygen atoms in total. The Morgan fingerprint density at radius 3 is 2.70 bits per heavy atom. The maximum absolute atomic E-state index is 12.3. The highest BCUT2D eigenvalue weighted by molar-refractivity contribution is 6.31. The molecule has 0 bridgehead atoms. The molecule has 0 aromatic heterocycles. The van der Waals surface area contributed by atoms with Gasteiger partial charge in [0.25, 0.3) is 0 Å². The summed E-state index contributed by atoms with van der Waals surface area (Å²) in [5.41, 5.74) is 6.28. The van der Waals surface area contributed by atoms with E-state index in [0.29, 0.717) is 17.1 Å². The van der Waals surface area contributed by atoms with Crippen molar-refractivity contribution in [3.8, 4) is 0 Å². The van der Waals surface area contributed by atoms with Crippen molar-refractivity contribution in [2.45, 2.75) is 32.2 Å². The summed E-state index contributed by atoms with van der Waals surface area (Å²) < 4.78 is 0. The third kappa shape index (κ3) is 4.83. The topological polar surface area (TPSA) is 83.6 Å². The zero-order chi connectivity index (χ0) is 15.1. The van der Waals surface area contributed by atoms with Crippen LogP contribution in [0.25, 0.3) is 0 Å². The summed E-state index contributed by atoms with van der Waals surface area (Å²) in [5, 5.41) is 9.39. The van der Waals surface area contributed by atoms with E-state index in [-0.39, 0.29) is 0 Å². The third-order valence-electron chi connectivity index (χ3n) is 2.87. The Balaban J connectivity index is 2.94. The molecule has 0 radical (unpaired) electrons. The van der Waals surface area contributed by atoms with Crippen LogP contribution in [0, 0.1) is 0 Å². The number of hydrogen-bond donors (Lipinski definition) is 2. The molecule has 0 aliphatic heterocycles. The average molecular weight is 299 g/mol. The van der Waals surface area contributed by atoms with E-state index in [2.05, 4.69) is 0 Å². The molecule has 3 N–H and O–H groups in total. The number of carbonyl (C=O) groups excluding carboxylic acids is 1. The van der Waals surface area contributed by atoms with Crippen LogP contribution >= 0.6 is 11.6 Å². The normalized spacial score (nSPS) is 11.9. The summed E-state index contributed by atoms with van der Waals surface area (Å²) in [4.78, 5) is 24.4. The molecule has 0 heterocycles. The Kier molecular flexibility index (Phi) is 6.48. The van der Waals surface area contributed by atoms with Gasteiger partial charge in [-0.2, -0.15) is 0 Å². The van der Waals surface area contributed by atoms with Gasteiger partial charge in [0.05, 0.1) is 6.04 Å².